The van der Waals surface area contributed by atoms with E-state index in [-0.39, 0.29) is 16.9 Å². The monoisotopic (exact) mass is 663 g/mol. The minimum Gasteiger partial charge on any atom is -0.325 e. The van der Waals surface area contributed by atoms with Crippen LogP contribution in [0.1, 0.15) is 29.3 Å². The van der Waals surface area contributed by atoms with E-state index < -0.39 is 11.8 Å². The Bertz CT molecular complexity index is 1820. The van der Waals surface area contributed by atoms with Gasteiger partial charge in [-0.2, -0.15) is 0 Å². The molecule has 3 amide bonds. The Kier molecular flexibility index (Phi) is 10.3. The van der Waals surface area contributed by atoms with Crippen molar-refractivity contribution in [3.05, 3.63) is 143 Å². The number of rotatable bonds is 10. The van der Waals surface area contributed by atoms with E-state index in [4.69, 9.17) is 0 Å². The second-order valence-corrected chi connectivity index (χ2v) is 12.1. The number of halogens is 1. The van der Waals surface area contributed by atoms with Gasteiger partial charge >= 0.3 is 0 Å². The first-order chi connectivity index (χ1) is 21.4. The highest BCUT2D eigenvalue weighted by molar-refractivity contribution is 9.10. The molecule has 0 spiro atoms. The van der Waals surface area contributed by atoms with E-state index in [0.29, 0.717) is 17.7 Å². The van der Waals surface area contributed by atoms with Crippen molar-refractivity contribution in [3.8, 4) is 0 Å². The molecule has 1 atom stereocenters. The van der Waals surface area contributed by atoms with Crippen LogP contribution in [-0.2, 0) is 9.59 Å². The summed E-state index contributed by atoms with van der Waals surface area (Å²) in [5, 5.41) is 10.5. The third-order valence-corrected chi connectivity index (χ3v) is 8.68. The normalized spacial score (nSPS) is 11.9. The molecule has 1 unspecified atom stereocenters. The molecule has 44 heavy (non-hydrogen) atoms. The predicted octanol–water partition coefficient (Wildman–Crippen LogP) is 8.52. The summed E-state index contributed by atoms with van der Waals surface area (Å²) in [6.45, 7) is 1.97. The summed E-state index contributed by atoms with van der Waals surface area (Å²) in [4.78, 5) is 40.6. The molecule has 0 aliphatic heterocycles. The highest BCUT2D eigenvalue weighted by Gasteiger charge is 2.20. The van der Waals surface area contributed by atoms with Crippen molar-refractivity contribution in [1.29, 1.82) is 0 Å². The number of carbonyl (C=O) groups is 3. The Morgan fingerprint density at radius 2 is 1.50 bits per heavy atom. The summed E-state index contributed by atoms with van der Waals surface area (Å²) in [6.07, 6.45) is 2.25. The number of hydrogen-bond acceptors (Lipinski definition) is 4. The van der Waals surface area contributed by atoms with Crippen molar-refractivity contribution in [1.82, 2.24) is 5.32 Å². The molecule has 5 aromatic rings. The van der Waals surface area contributed by atoms with E-state index in [1.807, 2.05) is 97.9 Å². The van der Waals surface area contributed by atoms with Crippen LogP contribution in [0.3, 0.4) is 0 Å². The Hall–Kier alpha value is -4.66. The highest BCUT2D eigenvalue weighted by atomic mass is 79.9. The number of anilines is 2. The Morgan fingerprint density at radius 1 is 0.795 bits per heavy atom. The van der Waals surface area contributed by atoms with Crippen molar-refractivity contribution in [2.24, 2.45) is 0 Å². The summed E-state index contributed by atoms with van der Waals surface area (Å²) < 4.78 is 0.902. The molecule has 0 aliphatic rings. The van der Waals surface area contributed by atoms with E-state index in [9.17, 15) is 14.4 Å². The summed E-state index contributed by atoms with van der Waals surface area (Å²) in [5.41, 5.74) is 2.60. The van der Waals surface area contributed by atoms with E-state index in [1.165, 1.54) is 11.8 Å². The van der Waals surface area contributed by atoms with Crippen LogP contribution in [0.25, 0.3) is 16.8 Å². The summed E-state index contributed by atoms with van der Waals surface area (Å²) in [6, 6.07) is 37.3. The third kappa shape index (κ3) is 8.03. The first-order valence-electron chi connectivity index (χ1n) is 14.1. The lowest BCUT2D eigenvalue weighted by Gasteiger charge is -2.17. The molecule has 0 saturated heterocycles. The van der Waals surface area contributed by atoms with Crippen LogP contribution in [-0.4, -0.2) is 23.0 Å². The van der Waals surface area contributed by atoms with Crippen molar-refractivity contribution >= 4 is 73.6 Å². The number of nitrogens with one attached hydrogen (secondary N) is 3. The predicted molar refractivity (Wildman–Crippen MR) is 184 cm³/mol. The lowest BCUT2D eigenvalue weighted by atomic mass is 10.1. The molecule has 0 aliphatic carbocycles. The average Bonchev–Trinajstić information content (AvgIpc) is 3.05. The average molecular weight is 665 g/mol. The Morgan fingerprint density at radius 3 is 2.27 bits per heavy atom. The number of amides is 3. The van der Waals surface area contributed by atoms with Gasteiger partial charge in [0, 0.05) is 31.7 Å². The lowest BCUT2D eigenvalue weighted by molar-refractivity contribution is -0.116. The largest absolute Gasteiger partial charge is 0.325 e. The van der Waals surface area contributed by atoms with Crippen LogP contribution < -0.4 is 16.0 Å². The molecule has 0 aromatic heterocycles. The molecule has 0 heterocycles. The Balaban J connectivity index is 1.31. The molecule has 0 saturated carbocycles. The zero-order valence-corrected chi connectivity index (χ0v) is 26.3. The molecule has 5 aromatic carbocycles. The summed E-state index contributed by atoms with van der Waals surface area (Å²) >= 11 is 4.85. The number of fused-ring (bicyclic) bond motifs is 1. The molecular weight excluding hydrogens is 634 g/mol. The zero-order valence-electron chi connectivity index (χ0n) is 23.9. The third-order valence-electron chi connectivity index (χ3n) is 6.79. The molecular formula is C36H30BrN3O3S. The van der Waals surface area contributed by atoms with Crippen LogP contribution in [0, 0.1) is 0 Å². The van der Waals surface area contributed by atoms with Crippen molar-refractivity contribution in [2.75, 3.05) is 10.6 Å². The number of hydrogen-bond donors (Lipinski definition) is 3. The number of carbonyl (C=O) groups excluding carboxylic acids is 3. The zero-order chi connectivity index (χ0) is 30.9. The second-order valence-electron chi connectivity index (χ2n) is 9.94. The first kappa shape index (κ1) is 30.8. The van der Waals surface area contributed by atoms with Gasteiger partial charge < -0.3 is 16.0 Å². The standard InChI is InChI=1S/C36H30BrN3O3S/c1-2-33(36(43)39-31-17-8-13-25-10-6-7-16-30(25)31)44-29-15-9-14-28(23-29)38-35(42)32(22-24-18-20-27(37)21-19-24)40-34(41)26-11-4-3-5-12-26/h3-23,33H,2H2,1H3,(H,38,42)(H,39,43)(H,40,41)/b32-22+. The molecule has 0 radical (unpaired) electrons. The maximum Gasteiger partial charge on any atom is 0.272 e. The van der Waals surface area contributed by atoms with E-state index >= 15 is 0 Å². The van der Waals surface area contributed by atoms with Gasteiger partial charge in [0.1, 0.15) is 5.70 Å². The summed E-state index contributed by atoms with van der Waals surface area (Å²) in [7, 11) is 0. The maximum atomic E-state index is 13.5. The maximum absolute atomic E-state index is 13.5. The molecule has 3 N–H and O–H groups in total. The lowest BCUT2D eigenvalue weighted by Crippen LogP contribution is -2.30. The second kappa shape index (κ2) is 14.7. The molecule has 0 fully saturated rings. The van der Waals surface area contributed by atoms with Gasteiger partial charge in [-0.1, -0.05) is 95.7 Å². The fraction of sp³-hybridized carbons (Fsp3) is 0.0833. The van der Waals surface area contributed by atoms with Gasteiger partial charge in [0.15, 0.2) is 0 Å². The van der Waals surface area contributed by atoms with E-state index in [1.54, 1.807) is 36.4 Å². The van der Waals surface area contributed by atoms with E-state index in [0.717, 1.165) is 31.4 Å². The molecule has 5 rings (SSSR count). The van der Waals surface area contributed by atoms with Gasteiger partial charge in [0.25, 0.3) is 11.8 Å². The van der Waals surface area contributed by atoms with Gasteiger partial charge in [0.2, 0.25) is 5.91 Å². The van der Waals surface area contributed by atoms with Gasteiger partial charge in [0.05, 0.1) is 5.25 Å². The van der Waals surface area contributed by atoms with Crippen LogP contribution >= 0.6 is 27.7 Å². The van der Waals surface area contributed by atoms with Gasteiger partial charge in [-0.25, -0.2) is 0 Å². The van der Waals surface area contributed by atoms with Gasteiger partial charge in [-0.15, -0.1) is 11.8 Å². The topological polar surface area (TPSA) is 87.3 Å². The van der Waals surface area contributed by atoms with E-state index in [2.05, 4.69) is 31.9 Å². The molecule has 0 bridgehead atoms. The van der Waals surface area contributed by atoms with Gasteiger partial charge in [-0.3, -0.25) is 14.4 Å². The van der Waals surface area contributed by atoms with Gasteiger partial charge in [-0.05, 0) is 72.0 Å². The highest BCUT2D eigenvalue weighted by Crippen LogP contribution is 2.30. The van der Waals surface area contributed by atoms with Crippen molar-refractivity contribution < 1.29 is 14.4 Å². The molecule has 220 valence electrons. The molecule has 6 nitrogen and oxygen atoms in total. The number of benzene rings is 5. The minimum atomic E-state index is -0.472. The van der Waals surface area contributed by atoms with Crippen LogP contribution in [0.15, 0.2) is 136 Å². The molecule has 8 heteroatoms. The number of thioether (sulfide) groups is 1. The minimum absolute atomic E-state index is 0.0911. The fourth-order valence-corrected chi connectivity index (χ4v) is 5.83. The fourth-order valence-electron chi connectivity index (χ4n) is 4.55. The quantitative estimate of drug-likeness (QED) is 0.103. The van der Waals surface area contributed by atoms with Crippen molar-refractivity contribution in [3.63, 3.8) is 0 Å². The van der Waals surface area contributed by atoms with Crippen molar-refractivity contribution in [2.45, 2.75) is 23.5 Å². The van der Waals surface area contributed by atoms with Crippen LogP contribution in [0.2, 0.25) is 0 Å². The SMILES string of the molecule is CCC(Sc1cccc(NC(=O)/C(=C\c2ccc(Br)cc2)NC(=O)c2ccccc2)c1)C(=O)Nc1cccc2ccccc12. The smallest absolute Gasteiger partial charge is 0.272 e. The van der Waals surface area contributed by atoms with Crippen LogP contribution in [0.4, 0.5) is 11.4 Å². The van der Waals surface area contributed by atoms with Crippen LogP contribution in [0.5, 0.6) is 0 Å². The summed E-state index contributed by atoms with van der Waals surface area (Å²) in [5.74, 6) is -0.955. The Labute approximate surface area is 269 Å². The first-order valence-corrected chi connectivity index (χ1v) is 15.8.